The lowest BCUT2D eigenvalue weighted by Gasteiger charge is -2.69. The van der Waals surface area contributed by atoms with E-state index in [1.165, 1.54) is 12.8 Å². The molecule has 0 bridgehead atoms. The first kappa shape index (κ1) is 28.0. The van der Waals surface area contributed by atoms with E-state index >= 15 is 0 Å². The number of hydrogen-bond acceptors (Lipinski definition) is 4. The highest BCUT2D eigenvalue weighted by atomic mass is 16.5. The zero-order valence-corrected chi connectivity index (χ0v) is 25.8. The average Bonchev–Trinajstić information content (AvgIpc) is 2.77. The molecule has 5 rings (SSSR count). The maximum Gasteiger partial charge on any atom is 0.302 e. The molecule has 0 saturated heterocycles. The molecule has 0 aromatic carbocycles. The number of ether oxygens (including phenoxy) is 2. The molecule has 0 heterocycles. The van der Waals surface area contributed by atoms with E-state index in [1.807, 2.05) is 0 Å². The predicted molar refractivity (Wildman–Crippen MR) is 151 cm³/mol. The molecule has 0 aromatic rings. The minimum Gasteiger partial charge on any atom is -0.462 e. The molecule has 3 saturated carbocycles. The third kappa shape index (κ3) is 3.74. The lowest BCUT2D eigenvalue weighted by atomic mass is 9.35. The molecule has 0 radical (unpaired) electrons. The Bertz CT molecular complexity index is 1100. The fourth-order valence-corrected chi connectivity index (χ4v) is 10.7. The van der Waals surface area contributed by atoms with Gasteiger partial charge in [0.1, 0.15) is 12.2 Å². The maximum absolute atomic E-state index is 12.1. The summed E-state index contributed by atoms with van der Waals surface area (Å²) in [5.41, 5.74) is 3.52. The predicted octanol–water partition coefficient (Wildman–Crippen LogP) is 8.20. The third-order valence-corrected chi connectivity index (χ3v) is 13.0. The Labute approximate surface area is 231 Å². The third-order valence-electron chi connectivity index (χ3n) is 13.0. The summed E-state index contributed by atoms with van der Waals surface area (Å²) in [7, 11) is 0. The molecule has 8 atom stereocenters. The van der Waals surface area contributed by atoms with Crippen LogP contribution in [0.5, 0.6) is 0 Å². The fraction of sp³-hybridized carbons (Fsp3) is 0.824. The SMILES string of the molecule is CC(=O)O[C@H]1CC[C@@]2(C)[C@H]3C=CC4=C5CC(C)(C)C[C@@H](OC(C)=O)[C@]5(C)CC[C@@]4(C)[C@]3(C)CC[C@H]2C1(C)C. The Morgan fingerprint density at radius 2 is 1.45 bits per heavy atom. The van der Waals surface area contributed by atoms with E-state index in [1.54, 1.807) is 25.0 Å². The van der Waals surface area contributed by atoms with Crippen LogP contribution in [0.3, 0.4) is 0 Å². The van der Waals surface area contributed by atoms with E-state index in [4.69, 9.17) is 9.47 Å². The molecule has 0 unspecified atom stereocenters. The Kier molecular flexibility index (Phi) is 6.23. The van der Waals surface area contributed by atoms with E-state index in [2.05, 4.69) is 67.5 Å². The molecule has 5 aliphatic rings. The summed E-state index contributed by atoms with van der Waals surface area (Å²) in [5.74, 6) is 0.702. The van der Waals surface area contributed by atoms with Gasteiger partial charge in [-0.15, -0.1) is 0 Å². The van der Waals surface area contributed by atoms with Crippen LogP contribution in [0.2, 0.25) is 0 Å². The average molecular weight is 525 g/mol. The van der Waals surface area contributed by atoms with Crippen LogP contribution >= 0.6 is 0 Å². The van der Waals surface area contributed by atoms with Gasteiger partial charge in [-0.2, -0.15) is 0 Å². The van der Waals surface area contributed by atoms with Crippen molar-refractivity contribution in [3.63, 3.8) is 0 Å². The largest absolute Gasteiger partial charge is 0.462 e. The van der Waals surface area contributed by atoms with Crippen LogP contribution in [0.1, 0.15) is 121 Å². The molecule has 4 nitrogen and oxygen atoms in total. The second-order valence-corrected chi connectivity index (χ2v) is 16.1. The molecule has 212 valence electrons. The topological polar surface area (TPSA) is 52.6 Å². The van der Waals surface area contributed by atoms with E-state index in [9.17, 15) is 9.59 Å². The minimum atomic E-state index is -0.156. The van der Waals surface area contributed by atoms with E-state index in [0.29, 0.717) is 11.8 Å². The number of fused-ring (bicyclic) bond motifs is 6. The van der Waals surface area contributed by atoms with Crippen molar-refractivity contribution in [1.82, 2.24) is 0 Å². The molecule has 0 aromatic heterocycles. The van der Waals surface area contributed by atoms with Gasteiger partial charge in [0.25, 0.3) is 0 Å². The van der Waals surface area contributed by atoms with Crippen molar-refractivity contribution in [3.05, 3.63) is 23.3 Å². The summed E-state index contributed by atoms with van der Waals surface area (Å²) in [6, 6.07) is 0. The van der Waals surface area contributed by atoms with Crippen molar-refractivity contribution in [2.45, 2.75) is 133 Å². The number of rotatable bonds is 2. The van der Waals surface area contributed by atoms with E-state index < -0.39 is 0 Å². The lowest BCUT2D eigenvalue weighted by Crippen LogP contribution is -2.63. The summed E-state index contributed by atoms with van der Waals surface area (Å²) in [4.78, 5) is 24.1. The quantitative estimate of drug-likeness (QED) is 0.342. The number of allylic oxidation sites excluding steroid dienone is 3. The highest BCUT2D eigenvalue weighted by molar-refractivity contribution is 5.66. The zero-order chi connectivity index (χ0) is 28.1. The summed E-state index contributed by atoms with van der Waals surface area (Å²) >= 11 is 0. The molecule has 0 amide bonds. The molecular weight excluding hydrogens is 472 g/mol. The fourth-order valence-electron chi connectivity index (χ4n) is 10.7. The second kappa shape index (κ2) is 8.46. The Morgan fingerprint density at radius 1 is 0.816 bits per heavy atom. The minimum absolute atomic E-state index is 0.00124. The van der Waals surface area contributed by atoms with Gasteiger partial charge < -0.3 is 9.47 Å². The van der Waals surface area contributed by atoms with E-state index in [-0.39, 0.29) is 56.6 Å². The van der Waals surface area contributed by atoms with Crippen LogP contribution in [0.4, 0.5) is 0 Å². The summed E-state index contributed by atoms with van der Waals surface area (Å²) in [6.07, 6.45) is 13.7. The normalized spacial score (nSPS) is 46.7. The number of hydrogen-bond donors (Lipinski definition) is 0. The van der Waals surface area contributed by atoms with Crippen molar-refractivity contribution in [3.8, 4) is 0 Å². The van der Waals surface area contributed by atoms with Crippen LogP contribution in [0.25, 0.3) is 0 Å². The summed E-state index contributed by atoms with van der Waals surface area (Å²) in [5, 5.41) is 0. The standard InChI is InChI=1S/C34H52O4/c1-21(35)37-27-14-15-32(8)25(30(27,5)6)13-16-34(10)26(32)12-11-23-24-19-29(3,4)20-28(38-22(2)36)31(24,7)17-18-33(23,34)9/h11-12,25-28H,13-20H2,1-10H3/t25-,26+,27-,28+,31+,32+,33+,34+/m0/s1. The highest BCUT2D eigenvalue weighted by Crippen LogP contribution is 2.74. The molecule has 38 heavy (non-hydrogen) atoms. The van der Waals surface area contributed by atoms with Gasteiger partial charge >= 0.3 is 11.9 Å². The number of carbonyl (C=O) groups excluding carboxylic acids is 2. The summed E-state index contributed by atoms with van der Waals surface area (Å²) < 4.78 is 12.0. The maximum atomic E-state index is 12.1. The van der Waals surface area contributed by atoms with Crippen LogP contribution in [-0.2, 0) is 19.1 Å². The van der Waals surface area contributed by atoms with Gasteiger partial charge in [-0.1, -0.05) is 73.1 Å². The Balaban J connectivity index is 1.60. The van der Waals surface area contributed by atoms with Gasteiger partial charge in [0, 0.05) is 24.7 Å². The first-order valence-electron chi connectivity index (χ1n) is 15.2. The van der Waals surface area contributed by atoms with Crippen molar-refractivity contribution in [1.29, 1.82) is 0 Å². The van der Waals surface area contributed by atoms with Crippen LogP contribution in [-0.4, -0.2) is 24.1 Å². The smallest absolute Gasteiger partial charge is 0.302 e. The van der Waals surface area contributed by atoms with Crippen LogP contribution in [0, 0.1) is 44.3 Å². The van der Waals surface area contributed by atoms with Crippen LogP contribution < -0.4 is 0 Å². The van der Waals surface area contributed by atoms with Crippen molar-refractivity contribution in [2.24, 2.45) is 44.3 Å². The monoisotopic (exact) mass is 524 g/mol. The van der Waals surface area contributed by atoms with Gasteiger partial charge in [0.2, 0.25) is 0 Å². The number of carbonyl (C=O) groups is 2. The molecule has 0 N–H and O–H groups in total. The summed E-state index contributed by atoms with van der Waals surface area (Å²) in [6.45, 7) is 22.6. The van der Waals surface area contributed by atoms with Crippen LogP contribution in [0.15, 0.2) is 23.3 Å². The molecule has 4 heteroatoms. The Morgan fingerprint density at radius 3 is 2.08 bits per heavy atom. The first-order chi connectivity index (χ1) is 17.4. The van der Waals surface area contributed by atoms with E-state index in [0.717, 1.165) is 38.5 Å². The second-order valence-electron chi connectivity index (χ2n) is 16.1. The molecule has 5 aliphatic carbocycles. The zero-order valence-electron chi connectivity index (χ0n) is 25.8. The van der Waals surface area contributed by atoms with Crippen molar-refractivity contribution < 1.29 is 19.1 Å². The van der Waals surface area contributed by atoms with Crippen molar-refractivity contribution >= 4 is 11.9 Å². The Hall–Kier alpha value is -1.58. The van der Waals surface area contributed by atoms with Gasteiger partial charge in [-0.25, -0.2) is 0 Å². The molecule has 0 spiro atoms. The van der Waals surface area contributed by atoms with Gasteiger partial charge in [-0.05, 0) is 90.4 Å². The van der Waals surface area contributed by atoms with Gasteiger partial charge in [-0.3, -0.25) is 9.59 Å². The highest BCUT2D eigenvalue weighted by Gasteiger charge is 2.67. The first-order valence-corrected chi connectivity index (χ1v) is 15.2. The molecule has 0 aliphatic heterocycles. The van der Waals surface area contributed by atoms with Crippen molar-refractivity contribution in [2.75, 3.05) is 0 Å². The van der Waals surface area contributed by atoms with Gasteiger partial charge in [0.15, 0.2) is 0 Å². The lowest BCUT2D eigenvalue weighted by molar-refractivity contribution is -0.198. The number of esters is 2. The van der Waals surface area contributed by atoms with Gasteiger partial charge in [0.05, 0.1) is 0 Å². The molecule has 3 fully saturated rings. The molecular formula is C34H52O4.